The zero-order valence-electron chi connectivity index (χ0n) is 8.42. The second-order valence-electron chi connectivity index (χ2n) is 4.61. The lowest BCUT2D eigenvalue weighted by Crippen LogP contribution is -2.00. The van der Waals surface area contributed by atoms with E-state index >= 15 is 0 Å². The molecule has 2 N–H and O–H groups in total. The number of aromatic amines is 1. The first kappa shape index (κ1) is 8.33. The van der Waals surface area contributed by atoms with Crippen LogP contribution in [0.5, 0.6) is 0 Å². The summed E-state index contributed by atoms with van der Waals surface area (Å²) in [6, 6.07) is 2.91. The highest BCUT2D eigenvalue weighted by Gasteiger charge is 2.23. The fraction of sp³-hybridized carbons (Fsp3) is 0.727. The van der Waals surface area contributed by atoms with Crippen molar-refractivity contribution in [2.24, 2.45) is 0 Å². The first-order valence-electron chi connectivity index (χ1n) is 5.73. The van der Waals surface area contributed by atoms with Crippen molar-refractivity contribution >= 4 is 5.82 Å². The summed E-state index contributed by atoms with van der Waals surface area (Å²) >= 11 is 0. The second-order valence-corrected chi connectivity index (χ2v) is 4.61. The Hall–Kier alpha value is -0.990. The van der Waals surface area contributed by atoms with Gasteiger partial charge in [-0.05, 0) is 25.7 Å². The highest BCUT2D eigenvalue weighted by atomic mass is 15.2. The van der Waals surface area contributed by atoms with Gasteiger partial charge in [0.05, 0.1) is 0 Å². The second kappa shape index (κ2) is 3.30. The third-order valence-corrected chi connectivity index (χ3v) is 3.32. The first-order chi connectivity index (χ1) is 6.92. The van der Waals surface area contributed by atoms with Crippen molar-refractivity contribution < 1.29 is 0 Å². The highest BCUT2D eigenvalue weighted by molar-refractivity contribution is 5.38. The number of nitrogens with zero attached hydrogens (tertiary/aromatic N) is 1. The molecule has 14 heavy (non-hydrogen) atoms. The molecule has 0 amide bonds. The number of H-pyrrole nitrogens is 1. The lowest BCUT2D eigenvalue weighted by atomic mass is 10.0. The molecule has 2 fully saturated rings. The van der Waals surface area contributed by atoms with E-state index in [4.69, 9.17) is 0 Å². The van der Waals surface area contributed by atoms with Crippen molar-refractivity contribution in [3.05, 3.63) is 11.8 Å². The van der Waals surface area contributed by atoms with E-state index in [9.17, 15) is 0 Å². The molecule has 0 aromatic carbocycles. The van der Waals surface area contributed by atoms with E-state index in [-0.39, 0.29) is 0 Å². The zero-order valence-corrected chi connectivity index (χ0v) is 8.42. The van der Waals surface area contributed by atoms with E-state index in [1.165, 1.54) is 44.2 Å². The molecule has 3 rings (SSSR count). The molecule has 0 spiro atoms. The van der Waals surface area contributed by atoms with Crippen LogP contribution >= 0.6 is 0 Å². The van der Waals surface area contributed by atoms with Gasteiger partial charge in [-0.15, -0.1) is 0 Å². The molecule has 2 aliphatic carbocycles. The Bertz CT molecular complexity index is 308. The van der Waals surface area contributed by atoms with Crippen molar-refractivity contribution in [1.82, 2.24) is 10.2 Å². The smallest absolute Gasteiger partial charge is 0.148 e. The molecular formula is C11H17N3. The Kier molecular flexibility index (Phi) is 1.96. The Labute approximate surface area is 84.3 Å². The summed E-state index contributed by atoms with van der Waals surface area (Å²) in [5, 5.41) is 10.9. The Morgan fingerprint density at radius 1 is 1.21 bits per heavy atom. The van der Waals surface area contributed by atoms with E-state index in [1.54, 1.807) is 0 Å². The highest BCUT2D eigenvalue weighted by Crippen LogP contribution is 2.34. The fourth-order valence-corrected chi connectivity index (χ4v) is 2.29. The van der Waals surface area contributed by atoms with Crippen LogP contribution in [0.2, 0.25) is 0 Å². The Morgan fingerprint density at radius 3 is 2.71 bits per heavy atom. The maximum Gasteiger partial charge on any atom is 0.148 e. The number of aromatic nitrogens is 2. The summed E-state index contributed by atoms with van der Waals surface area (Å²) in [5.74, 6) is 1.80. The molecule has 0 bridgehead atoms. The minimum absolute atomic E-state index is 0.703. The summed E-state index contributed by atoms with van der Waals surface area (Å²) < 4.78 is 0. The van der Waals surface area contributed by atoms with Crippen LogP contribution in [0, 0.1) is 0 Å². The number of anilines is 1. The average Bonchev–Trinajstić information content (AvgIpc) is 2.71. The van der Waals surface area contributed by atoms with Crippen LogP contribution in [0.25, 0.3) is 0 Å². The Morgan fingerprint density at radius 2 is 2.00 bits per heavy atom. The van der Waals surface area contributed by atoms with E-state index in [0.29, 0.717) is 6.04 Å². The van der Waals surface area contributed by atoms with Crippen LogP contribution in [0.4, 0.5) is 5.82 Å². The molecule has 1 heterocycles. The fourth-order valence-electron chi connectivity index (χ4n) is 2.29. The number of nitrogens with one attached hydrogen (secondary N) is 2. The van der Waals surface area contributed by atoms with Gasteiger partial charge in [-0.25, -0.2) is 0 Å². The lowest BCUT2D eigenvalue weighted by molar-refractivity contribution is 0.693. The van der Waals surface area contributed by atoms with Gasteiger partial charge in [-0.1, -0.05) is 12.8 Å². The topological polar surface area (TPSA) is 40.7 Å². The van der Waals surface area contributed by atoms with Crippen LogP contribution in [0.3, 0.4) is 0 Å². The van der Waals surface area contributed by atoms with Gasteiger partial charge in [0.1, 0.15) is 5.82 Å². The summed E-state index contributed by atoms with van der Waals surface area (Å²) in [5.41, 5.74) is 1.34. The van der Waals surface area contributed by atoms with E-state index < -0.39 is 0 Å². The molecule has 0 atom stereocenters. The predicted octanol–water partition coefficient (Wildman–Crippen LogP) is 2.64. The van der Waals surface area contributed by atoms with Crippen LogP contribution in [-0.4, -0.2) is 16.2 Å². The summed E-state index contributed by atoms with van der Waals surface area (Å²) in [7, 11) is 0. The monoisotopic (exact) mass is 191 g/mol. The summed E-state index contributed by atoms with van der Waals surface area (Å²) in [6.45, 7) is 0. The first-order valence-corrected chi connectivity index (χ1v) is 5.73. The molecular weight excluding hydrogens is 174 g/mol. The third-order valence-electron chi connectivity index (χ3n) is 3.32. The summed E-state index contributed by atoms with van der Waals surface area (Å²) in [4.78, 5) is 0. The van der Waals surface area contributed by atoms with Gasteiger partial charge >= 0.3 is 0 Å². The molecule has 2 saturated carbocycles. The molecule has 3 nitrogen and oxygen atoms in total. The van der Waals surface area contributed by atoms with E-state index in [1.807, 2.05) is 0 Å². The van der Waals surface area contributed by atoms with Gasteiger partial charge in [0.2, 0.25) is 0 Å². The van der Waals surface area contributed by atoms with Crippen molar-refractivity contribution in [3.63, 3.8) is 0 Å². The maximum absolute atomic E-state index is 4.30. The summed E-state index contributed by atoms with van der Waals surface area (Å²) in [6.07, 6.45) is 8.07. The molecule has 0 radical (unpaired) electrons. The molecule has 1 aromatic heterocycles. The van der Waals surface area contributed by atoms with Crippen LogP contribution in [0.15, 0.2) is 6.07 Å². The largest absolute Gasteiger partial charge is 0.366 e. The molecule has 1 aromatic rings. The van der Waals surface area contributed by atoms with Gasteiger partial charge < -0.3 is 5.32 Å². The third kappa shape index (κ3) is 1.63. The molecule has 0 unspecified atom stereocenters. The Balaban J connectivity index is 1.68. The maximum atomic E-state index is 4.30. The minimum atomic E-state index is 0.703. The molecule has 3 heteroatoms. The van der Waals surface area contributed by atoms with Gasteiger partial charge in [0.15, 0.2) is 0 Å². The van der Waals surface area contributed by atoms with E-state index in [2.05, 4.69) is 21.6 Å². The number of hydrogen-bond donors (Lipinski definition) is 2. The molecule has 76 valence electrons. The number of hydrogen-bond acceptors (Lipinski definition) is 2. The normalized spacial score (nSPS) is 22.9. The van der Waals surface area contributed by atoms with Gasteiger partial charge in [-0.3, -0.25) is 5.10 Å². The van der Waals surface area contributed by atoms with Crippen molar-refractivity contribution in [3.8, 4) is 0 Å². The molecule has 0 saturated heterocycles. The van der Waals surface area contributed by atoms with Crippen LogP contribution in [0.1, 0.15) is 50.1 Å². The van der Waals surface area contributed by atoms with Crippen LogP contribution < -0.4 is 5.32 Å². The lowest BCUT2D eigenvalue weighted by Gasteiger charge is -2.03. The minimum Gasteiger partial charge on any atom is -0.366 e. The number of rotatable bonds is 3. The van der Waals surface area contributed by atoms with Gasteiger partial charge in [0, 0.05) is 23.7 Å². The van der Waals surface area contributed by atoms with Crippen molar-refractivity contribution in [2.75, 3.05) is 5.32 Å². The zero-order chi connectivity index (χ0) is 9.38. The standard InChI is InChI=1S/C11H17N3/c1-2-4-8(3-1)10-7-11(14-13-10)12-9-5-6-9/h7-9H,1-6H2,(H2,12,13,14). The van der Waals surface area contributed by atoms with Gasteiger partial charge in [0.25, 0.3) is 0 Å². The van der Waals surface area contributed by atoms with Crippen molar-refractivity contribution in [1.29, 1.82) is 0 Å². The van der Waals surface area contributed by atoms with E-state index in [0.717, 1.165) is 11.7 Å². The SMILES string of the molecule is c1c(NC2CC2)n[nH]c1C1CCCC1. The van der Waals surface area contributed by atoms with Crippen molar-refractivity contribution in [2.45, 2.75) is 50.5 Å². The van der Waals surface area contributed by atoms with Crippen LogP contribution in [-0.2, 0) is 0 Å². The average molecular weight is 191 g/mol. The van der Waals surface area contributed by atoms with Gasteiger partial charge in [-0.2, -0.15) is 5.10 Å². The predicted molar refractivity (Wildman–Crippen MR) is 56.4 cm³/mol. The molecule has 2 aliphatic rings. The quantitative estimate of drug-likeness (QED) is 0.771. The molecule has 0 aliphatic heterocycles.